The highest BCUT2D eigenvalue weighted by Gasteiger charge is 2.43. The van der Waals surface area contributed by atoms with E-state index < -0.39 is 11.5 Å². The highest BCUT2D eigenvalue weighted by Crippen LogP contribution is 2.30. The first-order valence-electron chi connectivity index (χ1n) is 8.82. The number of hydrogen-bond acceptors (Lipinski definition) is 2. The van der Waals surface area contributed by atoms with E-state index in [1.807, 2.05) is 20.8 Å². The lowest BCUT2D eigenvalue weighted by Gasteiger charge is -2.38. The van der Waals surface area contributed by atoms with E-state index in [4.69, 9.17) is 0 Å². The quantitative estimate of drug-likeness (QED) is 0.563. The molecular weight excluding hydrogens is 262 g/mol. The Morgan fingerprint density at radius 3 is 1.57 bits per heavy atom. The second kappa shape index (κ2) is 10.2. The number of rotatable bonds is 12. The topological polar surface area (TPSA) is 67.8 Å². The molecular formula is C18H37NO2. The molecule has 21 heavy (non-hydrogen) atoms. The van der Waals surface area contributed by atoms with Gasteiger partial charge < -0.3 is 15.6 Å². The maximum atomic E-state index is 11.4. The van der Waals surface area contributed by atoms with Crippen LogP contribution in [-0.4, -0.2) is 11.5 Å². The van der Waals surface area contributed by atoms with Gasteiger partial charge in [-0.25, -0.2) is 0 Å². The number of carboxylic acids is 1. The average molecular weight is 299 g/mol. The number of quaternary nitrogens is 1. The molecule has 3 N–H and O–H groups in total. The van der Waals surface area contributed by atoms with Gasteiger partial charge in [-0.15, -0.1) is 0 Å². The summed E-state index contributed by atoms with van der Waals surface area (Å²) in [5, 5.41) is 11.4. The zero-order chi connectivity index (χ0) is 16.4. The normalized spacial score (nSPS) is 14.9. The second-order valence-electron chi connectivity index (χ2n) is 7.55. The molecule has 3 nitrogen and oxygen atoms in total. The summed E-state index contributed by atoms with van der Waals surface area (Å²) in [4.78, 5) is 11.4. The summed E-state index contributed by atoms with van der Waals surface area (Å²) in [7, 11) is 0. The van der Waals surface area contributed by atoms with Gasteiger partial charge in [-0.2, -0.15) is 0 Å². The smallest absolute Gasteiger partial charge is 0.139 e. The Labute approximate surface area is 131 Å². The first-order valence-corrected chi connectivity index (χ1v) is 8.82. The van der Waals surface area contributed by atoms with E-state index in [2.05, 4.69) is 12.7 Å². The molecule has 0 radical (unpaired) electrons. The van der Waals surface area contributed by atoms with Crippen LogP contribution < -0.4 is 10.8 Å². The predicted octanol–water partition coefficient (Wildman–Crippen LogP) is 3.07. The summed E-state index contributed by atoms with van der Waals surface area (Å²) in [5.41, 5.74) is 2.63. The van der Waals surface area contributed by atoms with Gasteiger partial charge in [0.05, 0.1) is 0 Å². The minimum absolute atomic E-state index is 0.356. The maximum Gasteiger partial charge on any atom is 0.139 e. The Hall–Kier alpha value is -0.570. The molecule has 0 aliphatic heterocycles. The number of hydrogen-bond donors (Lipinski definition) is 1. The Morgan fingerprint density at radius 1 is 0.857 bits per heavy atom. The van der Waals surface area contributed by atoms with Crippen molar-refractivity contribution in [2.45, 2.75) is 104 Å². The molecule has 3 heteroatoms. The van der Waals surface area contributed by atoms with Crippen LogP contribution in [0.2, 0.25) is 0 Å². The van der Waals surface area contributed by atoms with Crippen molar-refractivity contribution in [2.75, 3.05) is 0 Å². The Kier molecular flexibility index (Phi) is 9.93. The molecule has 126 valence electrons. The van der Waals surface area contributed by atoms with Crippen LogP contribution in [0.3, 0.4) is 0 Å². The summed E-state index contributed by atoms with van der Waals surface area (Å²) in [6.07, 6.45) is 13.2. The van der Waals surface area contributed by atoms with Crippen molar-refractivity contribution in [3.63, 3.8) is 0 Å². The summed E-state index contributed by atoms with van der Waals surface area (Å²) < 4.78 is 0. The van der Waals surface area contributed by atoms with Crippen LogP contribution in [0.15, 0.2) is 0 Å². The molecule has 1 atom stereocenters. The third-order valence-corrected chi connectivity index (χ3v) is 4.78. The van der Waals surface area contributed by atoms with Crippen molar-refractivity contribution in [1.82, 2.24) is 0 Å². The molecule has 0 rings (SSSR count). The van der Waals surface area contributed by atoms with Gasteiger partial charge in [0.2, 0.25) is 0 Å². The molecule has 1 unspecified atom stereocenters. The first-order chi connectivity index (χ1) is 9.75. The largest absolute Gasteiger partial charge is 0.544 e. The van der Waals surface area contributed by atoms with Gasteiger partial charge in [0, 0.05) is 11.8 Å². The highest BCUT2D eigenvalue weighted by molar-refractivity contribution is 5.75. The van der Waals surface area contributed by atoms with Crippen LogP contribution in [0.1, 0.15) is 98.3 Å². The molecule has 0 amide bonds. The monoisotopic (exact) mass is 299 g/mol. The van der Waals surface area contributed by atoms with E-state index in [1.54, 1.807) is 0 Å². The average Bonchev–Trinajstić information content (AvgIpc) is 2.39. The van der Waals surface area contributed by atoms with Crippen molar-refractivity contribution >= 4 is 5.97 Å². The van der Waals surface area contributed by atoms with Crippen molar-refractivity contribution in [3.8, 4) is 0 Å². The highest BCUT2D eigenvalue weighted by atomic mass is 16.4. The maximum absolute atomic E-state index is 11.4. The first kappa shape index (κ1) is 20.4. The number of aliphatic carboxylic acids is 1. The standard InChI is InChI=1S/C18H37NO2/c1-5-6-7-8-9-10-11-12-13-14-15-18(19,16(20)21)17(2,3)4/h5-15,19H2,1-4H3,(H,20,21). The number of carbonyl (C=O) groups excluding carboxylic acids is 1. The lowest BCUT2D eigenvalue weighted by atomic mass is 9.71. The summed E-state index contributed by atoms with van der Waals surface area (Å²) in [6, 6.07) is 0. The van der Waals surface area contributed by atoms with Crippen LogP contribution in [0.25, 0.3) is 0 Å². The third-order valence-electron chi connectivity index (χ3n) is 4.78. The summed E-state index contributed by atoms with van der Waals surface area (Å²) >= 11 is 0. The molecule has 0 aromatic heterocycles. The van der Waals surface area contributed by atoms with Crippen LogP contribution >= 0.6 is 0 Å². The molecule has 0 aromatic carbocycles. The SMILES string of the molecule is CCCCCCCCCCCCC([NH3+])(C(=O)[O-])C(C)(C)C. The van der Waals surface area contributed by atoms with E-state index in [0.29, 0.717) is 6.42 Å². The lowest BCUT2D eigenvalue weighted by molar-refractivity contribution is -0.510. The van der Waals surface area contributed by atoms with Crippen LogP contribution in [0.4, 0.5) is 0 Å². The van der Waals surface area contributed by atoms with E-state index in [1.165, 1.54) is 51.4 Å². The Bertz CT molecular complexity index is 283. The fourth-order valence-corrected chi connectivity index (χ4v) is 2.70. The second-order valence-corrected chi connectivity index (χ2v) is 7.55. The van der Waals surface area contributed by atoms with E-state index >= 15 is 0 Å². The van der Waals surface area contributed by atoms with Crippen LogP contribution in [0.5, 0.6) is 0 Å². The molecule has 0 aliphatic carbocycles. The van der Waals surface area contributed by atoms with E-state index in [-0.39, 0.29) is 5.41 Å². The van der Waals surface area contributed by atoms with Crippen molar-refractivity contribution in [2.24, 2.45) is 5.41 Å². The van der Waals surface area contributed by atoms with Crippen molar-refractivity contribution in [1.29, 1.82) is 0 Å². The van der Waals surface area contributed by atoms with Crippen LogP contribution in [-0.2, 0) is 4.79 Å². The lowest BCUT2D eigenvalue weighted by Crippen LogP contribution is -2.84. The Balaban J connectivity index is 3.72. The van der Waals surface area contributed by atoms with Gasteiger partial charge in [-0.3, -0.25) is 0 Å². The summed E-state index contributed by atoms with van der Waals surface area (Å²) in [5.74, 6) is -1.01. The number of carbonyl (C=O) groups is 1. The number of carboxylic acid groups (broad SMARTS) is 1. The zero-order valence-electron chi connectivity index (χ0n) is 14.8. The van der Waals surface area contributed by atoms with Gasteiger partial charge in [0.25, 0.3) is 0 Å². The molecule has 0 aliphatic rings. The van der Waals surface area contributed by atoms with Gasteiger partial charge in [-0.1, -0.05) is 85.5 Å². The van der Waals surface area contributed by atoms with Gasteiger partial charge in [-0.05, 0) is 6.42 Å². The number of unbranched alkanes of at least 4 members (excludes halogenated alkanes) is 9. The van der Waals surface area contributed by atoms with Gasteiger partial charge >= 0.3 is 0 Å². The predicted molar refractivity (Wildman–Crippen MR) is 86.5 cm³/mol. The minimum Gasteiger partial charge on any atom is -0.544 e. The molecule has 0 saturated carbocycles. The molecule has 0 spiro atoms. The minimum atomic E-state index is -1.01. The molecule has 0 aromatic rings. The molecule has 0 bridgehead atoms. The molecule has 0 heterocycles. The fourth-order valence-electron chi connectivity index (χ4n) is 2.70. The summed E-state index contributed by atoms with van der Waals surface area (Å²) in [6.45, 7) is 8.05. The van der Waals surface area contributed by atoms with Crippen molar-refractivity contribution < 1.29 is 15.6 Å². The zero-order valence-corrected chi connectivity index (χ0v) is 14.8. The van der Waals surface area contributed by atoms with Gasteiger partial charge in [0.1, 0.15) is 11.5 Å². The fraction of sp³-hybridized carbons (Fsp3) is 0.944. The van der Waals surface area contributed by atoms with E-state index in [9.17, 15) is 9.90 Å². The van der Waals surface area contributed by atoms with E-state index in [0.717, 1.165) is 12.8 Å². The third kappa shape index (κ3) is 7.85. The molecule has 0 saturated heterocycles. The van der Waals surface area contributed by atoms with Crippen molar-refractivity contribution in [3.05, 3.63) is 0 Å². The Morgan fingerprint density at radius 2 is 1.24 bits per heavy atom. The molecule has 0 fully saturated rings. The van der Waals surface area contributed by atoms with Crippen LogP contribution in [0, 0.1) is 5.41 Å². The van der Waals surface area contributed by atoms with Gasteiger partial charge in [0.15, 0.2) is 0 Å².